The van der Waals surface area contributed by atoms with Gasteiger partial charge >= 0.3 is 0 Å². The van der Waals surface area contributed by atoms with Gasteiger partial charge in [0, 0.05) is 37.4 Å². The number of ether oxygens (including phenoxy) is 2. The first-order chi connectivity index (χ1) is 13.1. The summed E-state index contributed by atoms with van der Waals surface area (Å²) in [6.07, 6.45) is 4.20. The van der Waals surface area contributed by atoms with Gasteiger partial charge in [0.1, 0.15) is 5.76 Å². The Kier molecular flexibility index (Phi) is 6.16. The van der Waals surface area contributed by atoms with Gasteiger partial charge in [-0.15, -0.1) is 0 Å². The minimum Gasteiger partial charge on any atom is -0.493 e. The summed E-state index contributed by atoms with van der Waals surface area (Å²) in [4.78, 5) is 27.3. The quantitative estimate of drug-likeness (QED) is 0.698. The lowest BCUT2D eigenvalue weighted by Gasteiger charge is -2.32. The largest absolute Gasteiger partial charge is 0.493 e. The molecule has 144 valence electrons. The van der Waals surface area contributed by atoms with Crippen LogP contribution in [0.2, 0.25) is 0 Å². The second-order valence-electron chi connectivity index (χ2n) is 6.69. The molecule has 0 N–H and O–H groups in total. The van der Waals surface area contributed by atoms with Gasteiger partial charge < -0.3 is 18.8 Å². The number of carbonyl (C=O) groups excluding carboxylic acids is 2. The average Bonchev–Trinajstić information content (AvgIpc) is 3.24. The average molecular weight is 371 g/mol. The Hall–Kier alpha value is -2.76. The first kappa shape index (κ1) is 19.0. The third-order valence-electron chi connectivity index (χ3n) is 4.98. The highest BCUT2D eigenvalue weighted by atomic mass is 16.5. The molecule has 0 aliphatic carbocycles. The Labute approximate surface area is 159 Å². The second-order valence-corrected chi connectivity index (χ2v) is 6.69. The van der Waals surface area contributed by atoms with Gasteiger partial charge in [-0.05, 0) is 43.2 Å². The van der Waals surface area contributed by atoms with Crippen molar-refractivity contribution < 1.29 is 23.5 Å². The second kappa shape index (κ2) is 8.75. The molecule has 1 atom stereocenters. The topological polar surface area (TPSA) is 69.0 Å². The van der Waals surface area contributed by atoms with Crippen LogP contribution in [-0.4, -0.2) is 43.9 Å². The van der Waals surface area contributed by atoms with Crippen molar-refractivity contribution in [3.63, 3.8) is 0 Å². The minimum atomic E-state index is -0.190. The number of furan rings is 1. The molecule has 1 aliphatic rings. The number of amides is 1. The molecule has 1 fully saturated rings. The molecule has 1 aromatic heterocycles. The fourth-order valence-corrected chi connectivity index (χ4v) is 3.49. The molecule has 6 heteroatoms. The number of nitrogens with zero attached hydrogens (tertiary/aromatic N) is 1. The monoisotopic (exact) mass is 371 g/mol. The zero-order chi connectivity index (χ0) is 19.2. The molecule has 1 aromatic carbocycles. The number of carbonyl (C=O) groups is 2. The first-order valence-corrected chi connectivity index (χ1v) is 9.18. The van der Waals surface area contributed by atoms with Crippen molar-refractivity contribution in [1.29, 1.82) is 0 Å². The molecular weight excluding hydrogens is 346 g/mol. The fraction of sp³-hybridized carbons (Fsp3) is 0.429. The van der Waals surface area contributed by atoms with Crippen LogP contribution in [0.25, 0.3) is 0 Å². The third kappa shape index (κ3) is 4.51. The van der Waals surface area contributed by atoms with Crippen LogP contribution in [0.4, 0.5) is 0 Å². The van der Waals surface area contributed by atoms with E-state index in [4.69, 9.17) is 13.9 Å². The van der Waals surface area contributed by atoms with E-state index in [1.165, 1.54) is 0 Å². The molecule has 1 saturated heterocycles. The lowest BCUT2D eigenvalue weighted by atomic mass is 9.89. The molecule has 2 heterocycles. The number of rotatable bonds is 7. The molecule has 0 spiro atoms. The van der Waals surface area contributed by atoms with E-state index in [1.807, 2.05) is 12.1 Å². The summed E-state index contributed by atoms with van der Waals surface area (Å²) in [5, 5.41) is 0. The molecule has 0 radical (unpaired) electrons. The summed E-state index contributed by atoms with van der Waals surface area (Å²) < 4.78 is 15.8. The molecule has 27 heavy (non-hydrogen) atoms. The molecule has 0 unspecified atom stereocenters. The number of hydrogen-bond donors (Lipinski definition) is 0. The summed E-state index contributed by atoms with van der Waals surface area (Å²) >= 11 is 0. The number of methoxy groups -OCH3 is 2. The molecule has 1 aliphatic heterocycles. The Balaban J connectivity index is 1.63. The number of benzene rings is 1. The van der Waals surface area contributed by atoms with E-state index in [0.29, 0.717) is 43.0 Å². The maximum absolute atomic E-state index is 12.9. The van der Waals surface area contributed by atoms with Crippen LogP contribution in [0.5, 0.6) is 11.5 Å². The summed E-state index contributed by atoms with van der Waals surface area (Å²) in [7, 11) is 3.11. The molecule has 0 bridgehead atoms. The van der Waals surface area contributed by atoms with E-state index < -0.39 is 0 Å². The number of likely N-dealkylation sites (tertiary alicyclic amines) is 1. The van der Waals surface area contributed by atoms with Gasteiger partial charge in [-0.25, -0.2) is 0 Å². The van der Waals surface area contributed by atoms with E-state index in [-0.39, 0.29) is 17.6 Å². The predicted molar refractivity (Wildman–Crippen MR) is 100 cm³/mol. The molecule has 2 aromatic rings. The van der Waals surface area contributed by atoms with Crippen LogP contribution in [0, 0.1) is 5.92 Å². The van der Waals surface area contributed by atoms with Crippen LogP contribution >= 0.6 is 0 Å². The van der Waals surface area contributed by atoms with Crippen molar-refractivity contribution in [2.75, 3.05) is 27.3 Å². The van der Waals surface area contributed by atoms with Crippen molar-refractivity contribution >= 4 is 11.7 Å². The molecular formula is C21H25NO5. The van der Waals surface area contributed by atoms with Gasteiger partial charge in [0.05, 0.1) is 20.5 Å². The highest BCUT2D eigenvalue weighted by molar-refractivity contribution is 5.99. The summed E-state index contributed by atoms with van der Waals surface area (Å²) in [5.74, 6) is 1.84. The lowest BCUT2D eigenvalue weighted by molar-refractivity contribution is -0.132. The highest BCUT2D eigenvalue weighted by Crippen LogP contribution is 2.30. The van der Waals surface area contributed by atoms with E-state index >= 15 is 0 Å². The van der Waals surface area contributed by atoms with Crippen molar-refractivity contribution in [2.45, 2.75) is 25.7 Å². The Bertz CT molecular complexity index is 784. The zero-order valence-corrected chi connectivity index (χ0v) is 15.8. The van der Waals surface area contributed by atoms with Crippen molar-refractivity contribution in [1.82, 2.24) is 4.90 Å². The molecule has 1 amide bonds. The Morgan fingerprint density at radius 2 is 2.00 bits per heavy atom. The van der Waals surface area contributed by atoms with Gasteiger partial charge in [-0.3, -0.25) is 9.59 Å². The zero-order valence-electron chi connectivity index (χ0n) is 15.8. The molecule has 6 nitrogen and oxygen atoms in total. The summed E-state index contributed by atoms with van der Waals surface area (Å²) in [6, 6.07) is 8.88. The number of hydrogen-bond acceptors (Lipinski definition) is 5. The smallest absolute Gasteiger partial charge is 0.223 e. The number of piperidine rings is 1. The van der Waals surface area contributed by atoms with Crippen LogP contribution in [-0.2, 0) is 11.2 Å². The number of Topliss-reactive ketones (excluding diaryl/α,β-unsaturated/α-hetero) is 1. The van der Waals surface area contributed by atoms with Gasteiger partial charge in [0.2, 0.25) is 5.91 Å². The molecule has 3 rings (SSSR count). The summed E-state index contributed by atoms with van der Waals surface area (Å²) in [5.41, 5.74) is 0.586. The highest BCUT2D eigenvalue weighted by Gasteiger charge is 2.29. The normalized spacial score (nSPS) is 16.8. The maximum atomic E-state index is 12.9. The van der Waals surface area contributed by atoms with Crippen molar-refractivity contribution in [2.24, 2.45) is 5.92 Å². The lowest BCUT2D eigenvalue weighted by Crippen LogP contribution is -2.42. The maximum Gasteiger partial charge on any atom is 0.223 e. The van der Waals surface area contributed by atoms with Crippen LogP contribution < -0.4 is 9.47 Å². The molecule has 0 saturated carbocycles. The standard InChI is InChI=1S/C21H25NO5/c1-25-18-9-7-15(13-19(18)26-2)21(24)16-5-3-11-22(14-16)20(23)10-8-17-6-4-12-27-17/h4,6-7,9,12-13,16H,3,5,8,10-11,14H2,1-2H3/t16-/m0/s1. The van der Waals surface area contributed by atoms with E-state index in [1.54, 1.807) is 43.6 Å². The Morgan fingerprint density at radius 3 is 2.70 bits per heavy atom. The van der Waals surface area contributed by atoms with Crippen LogP contribution in [0.3, 0.4) is 0 Å². The van der Waals surface area contributed by atoms with Crippen molar-refractivity contribution in [3.8, 4) is 11.5 Å². The predicted octanol–water partition coefficient (Wildman–Crippen LogP) is 3.35. The van der Waals surface area contributed by atoms with Gasteiger partial charge in [-0.2, -0.15) is 0 Å². The van der Waals surface area contributed by atoms with E-state index in [9.17, 15) is 9.59 Å². The fourth-order valence-electron chi connectivity index (χ4n) is 3.49. The van der Waals surface area contributed by atoms with Gasteiger partial charge in [0.25, 0.3) is 0 Å². The summed E-state index contributed by atoms with van der Waals surface area (Å²) in [6.45, 7) is 1.16. The number of aryl methyl sites for hydroxylation is 1. The van der Waals surface area contributed by atoms with Crippen LogP contribution in [0.15, 0.2) is 41.0 Å². The minimum absolute atomic E-state index is 0.0412. The van der Waals surface area contributed by atoms with Crippen molar-refractivity contribution in [3.05, 3.63) is 47.9 Å². The SMILES string of the molecule is COc1ccc(C(=O)[C@H]2CCCN(C(=O)CCc3ccco3)C2)cc1OC. The van der Waals surface area contributed by atoms with E-state index in [2.05, 4.69) is 0 Å². The Morgan fingerprint density at radius 1 is 1.19 bits per heavy atom. The van der Waals surface area contributed by atoms with Crippen LogP contribution in [0.1, 0.15) is 35.4 Å². The van der Waals surface area contributed by atoms with Gasteiger partial charge in [-0.1, -0.05) is 0 Å². The first-order valence-electron chi connectivity index (χ1n) is 9.18. The van der Waals surface area contributed by atoms with Gasteiger partial charge in [0.15, 0.2) is 17.3 Å². The third-order valence-corrected chi connectivity index (χ3v) is 4.98. The number of ketones is 1. The van der Waals surface area contributed by atoms with E-state index in [0.717, 1.165) is 18.6 Å².